The van der Waals surface area contributed by atoms with Crippen molar-refractivity contribution in [1.29, 1.82) is 0 Å². The van der Waals surface area contributed by atoms with Crippen molar-refractivity contribution in [3.63, 3.8) is 0 Å². The molecule has 3 nitrogen and oxygen atoms in total. The van der Waals surface area contributed by atoms with Gasteiger partial charge in [0.15, 0.2) is 0 Å². The molecule has 0 amide bonds. The number of para-hydroxylation sites is 1. The molecule has 1 saturated heterocycles. The third-order valence-electron chi connectivity index (χ3n) is 6.16. The van der Waals surface area contributed by atoms with Gasteiger partial charge < -0.3 is 13.9 Å². The van der Waals surface area contributed by atoms with Crippen LogP contribution in [0.4, 0.5) is 0 Å². The highest BCUT2D eigenvalue weighted by molar-refractivity contribution is 6.62. The number of allylic oxidation sites excluding steroid dienone is 1. The van der Waals surface area contributed by atoms with Gasteiger partial charge >= 0.3 is 7.12 Å². The number of aromatic nitrogens is 1. The van der Waals surface area contributed by atoms with E-state index in [1.54, 1.807) is 0 Å². The molecule has 0 saturated carbocycles. The van der Waals surface area contributed by atoms with Crippen LogP contribution < -0.4 is 5.46 Å². The molecular formula is C24H28BNO2. The third-order valence-corrected chi connectivity index (χ3v) is 6.16. The van der Waals surface area contributed by atoms with Gasteiger partial charge in [-0.2, -0.15) is 0 Å². The maximum absolute atomic E-state index is 6.28. The van der Waals surface area contributed by atoms with Crippen LogP contribution in [0.5, 0.6) is 0 Å². The van der Waals surface area contributed by atoms with E-state index in [0.29, 0.717) is 0 Å². The van der Waals surface area contributed by atoms with Gasteiger partial charge in [-0.1, -0.05) is 36.4 Å². The van der Waals surface area contributed by atoms with Crippen molar-refractivity contribution < 1.29 is 9.31 Å². The Morgan fingerprint density at radius 1 is 0.929 bits per heavy atom. The molecule has 3 aromatic rings. The van der Waals surface area contributed by atoms with Crippen molar-refractivity contribution in [3.05, 3.63) is 65.9 Å². The number of hydrogen-bond acceptors (Lipinski definition) is 2. The Kier molecular flexibility index (Phi) is 4.52. The highest BCUT2D eigenvalue weighted by Crippen LogP contribution is 2.37. The van der Waals surface area contributed by atoms with Crippen molar-refractivity contribution in [1.82, 2.24) is 4.57 Å². The van der Waals surface area contributed by atoms with Crippen molar-refractivity contribution in [2.45, 2.75) is 52.7 Å². The Bertz CT molecular complexity index is 1030. The second kappa shape index (κ2) is 6.65. The first kappa shape index (κ1) is 19.0. The summed E-state index contributed by atoms with van der Waals surface area (Å²) in [6.07, 6.45) is 4.27. The number of rotatable bonds is 3. The van der Waals surface area contributed by atoms with Gasteiger partial charge in [0.05, 0.1) is 16.7 Å². The van der Waals surface area contributed by atoms with Gasteiger partial charge in [0, 0.05) is 16.8 Å². The average molecular weight is 373 g/mol. The lowest BCUT2D eigenvalue weighted by Gasteiger charge is -2.32. The van der Waals surface area contributed by atoms with Gasteiger partial charge in [0.1, 0.15) is 0 Å². The zero-order valence-electron chi connectivity index (χ0n) is 17.6. The molecule has 0 radical (unpaired) electrons. The van der Waals surface area contributed by atoms with E-state index < -0.39 is 0 Å². The molecule has 2 aromatic carbocycles. The summed E-state index contributed by atoms with van der Waals surface area (Å²) in [6, 6.07) is 17.0. The van der Waals surface area contributed by atoms with E-state index in [9.17, 15) is 0 Å². The van der Waals surface area contributed by atoms with Gasteiger partial charge in [-0.15, -0.1) is 0 Å². The van der Waals surface area contributed by atoms with Crippen molar-refractivity contribution in [2.75, 3.05) is 0 Å². The van der Waals surface area contributed by atoms with Crippen LogP contribution >= 0.6 is 0 Å². The minimum absolute atomic E-state index is 0.347. The lowest BCUT2D eigenvalue weighted by atomic mass is 9.78. The first-order valence-corrected chi connectivity index (χ1v) is 9.94. The van der Waals surface area contributed by atoms with E-state index in [-0.39, 0.29) is 18.3 Å². The second-order valence-electron chi connectivity index (χ2n) is 8.55. The van der Waals surface area contributed by atoms with Crippen molar-refractivity contribution in [2.24, 2.45) is 0 Å². The summed E-state index contributed by atoms with van der Waals surface area (Å²) >= 11 is 0. The third kappa shape index (κ3) is 2.92. The minimum atomic E-state index is -0.362. The predicted molar refractivity (Wildman–Crippen MR) is 118 cm³/mol. The van der Waals surface area contributed by atoms with Crippen LogP contribution in [0.1, 0.15) is 45.9 Å². The van der Waals surface area contributed by atoms with Crippen LogP contribution in [0.3, 0.4) is 0 Å². The summed E-state index contributed by atoms with van der Waals surface area (Å²) < 4.78 is 14.9. The highest BCUT2D eigenvalue weighted by atomic mass is 16.7. The van der Waals surface area contributed by atoms with Gasteiger partial charge in [-0.3, -0.25) is 0 Å². The molecule has 1 aliphatic rings. The molecule has 144 valence electrons. The van der Waals surface area contributed by atoms with E-state index in [1.165, 1.54) is 22.2 Å². The van der Waals surface area contributed by atoms with Crippen LogP contribution in [0.15, 0.2) is 54.6 Å². The fraction of sp³-hybridized carbons (Fsp3) is 0.333. The number of aryl methyl sites for hydroxylation is 1. The van der Waals surface area contributed by atoms with Crippen molar-refractivity contribution >= 4 is 29.6 Å². The quantitative estimate of drug-likeness (QED) is 0.584. The van der Waals surface area contributed by atoms with Gasteiger partial charge in [-0.05, 0) is 76.8 Å². The summed E-state index contributed by atoms with van der Waals surface area (Å²) in [5.41, 5.74) is 5.16. The normalized spacial score (nSPS) is 18.4. The highest BCUT2D eigenvalue weighted by Gasteiger charge is 2.51. The smallest absolute Gasteiger partial charge is 0.399 e. The average Bonchev–Trinajstić information content (AvgIpc) is 3.05. The van der Waals surface area contributed by atoms with Crippen molar-refractivity contribution in [3.8, 4) is 5.69 Å². The summed E-state index contributed by atoms with van der Waals surface area (Å²) in [5, 5.41) is 1.25. The zero-order chi connectivity index (χ0) is 20.1. The molecule has 2 heterocycles. The molecule has 4 heteroatoms. The summed E-state index contributed by atoms with van der Waals surface area (Å²) in [5.74, 6) is 0. The van der Waals surface area contributed by atoms with E-state index in [2.05, 4.69) is 101 Å². The molecule has 1 fully saturated rings. The SMILES string of the molecule is C/C=C\c1c(C)c2ccc(B3OC(C)(C)C(C)(C)O3)cc2n1-c1ccccc1. The Labute approximate surface area is 168 Å². The molecule has 1 aromatic heterocycles. The fourth-order valence-corrected chi connectivity index (χ4v) is 3.82. The second-order valence-corrected chi connectivity index (χ2v) is 8.55. The first-order valence-electron chi connectivity index (χ1n) is 9.94. The summed E-state index contributed by atoms with van der Waals surface area (Å²) in [6.45, 7) is 12.6. The monoisotopic (exact) mass is 373 g/mol. The maximum atomic E-state index is 6.28. The first-order chi connectivity index (χ1) is 13.2. The molecule has 0 N–H and O–H groups in total. The molecule has 0 aliphatic carbocycles. The number of fused-ring (bicyclic) bond motifs is 1. The molecule has 0 bridgehead atoms. The standard InChI is InChI=1S/C24H28BNO2/c1-7-11-21-17(2)20-15-14-18(25-27-23(3,4)24(5,6)28-25)16-22(20)26(21)19-12-9-8-10-13-19/h7-16H,1-6H3/b11-7-. The van der Waals surface area contributed by atoms with Crippen LogP contribution in [-0.2, 0) is 9.31 Å². The topological polar surface area (TPSA) is 23.4 Å². The Hall–Kier alpha value is -2.30. The van der Waals surface area contributed by atoms with Gasteiger partial charge in [0.25, 0.3) is 0 Å². The summed E-state index contributed by atoms with van der Waals surface area (Å²) in [4.78, 5) is 0. The molecule has 0 spiro atoms. The summed E-state index contributed by atoms with van der Waals surface area (Å²) in [7, 11) is -0.362. The molecule has 4 rings (SSSR count). The Morgan fingerprint density at radius 3 is 2.18 bits per heavy atom. The minimum Gasteiger partial charge on any atom is -0.399 e. The van der Waals surface area contributed by atoms with Gasteiger partial charge in [0.2, 0.25) is 0 Å². The number of nitrogens with zero attached hydrogens (tertiary/aromatic N) is 1. The van der Waals surface area contributed by atoms with E-state index in [1.807, 2.05) is 6.07 Å². The largest absolute Gasteiger partial charge is 0.494 e. The Balaban J connectivity index is 1.90. The number of benzene rings is 2. The van der Waals surface area contributed by atoms with E-state index in [4.69, 9.17) is 9.31 Å². The lowest BCUT2D eigenvalue weighted by Crippen LogP contribution is -2.41. The lowest BCUT2D eigenvalue weighted by molar-refractivity contribution is 0.00578. The van der Waals surface area contributed by atoms with Gasteiger partial charge in [-0.25, -0.2) is 0 Å². The molecule has 0 unspecified atom stereocenters. The molecule has 1 aliphatic heterocycles. The van der Waals surface area contributed by atoms with Crippen LogP contribution in [-0.4, -0.2) is 22.9 Å². The molecule has 28 heavy (non-hydrogen) atoms. The van der Waals surface area contributed by atoms with E-state index >= 15 is 0 Å². The predicted octanol–water partition coefficient (Wildman–Crippen LogP) is 5.27. The zero-order valence-corrected chi connectivity index (χ0v) is 17.6. The fourth-order valence-electron chi connectivity index (χ4n) is 3.82. The Morgan fingerprint density at radius 2 is 1.57 bits per heavy atom. The van der Waals surface area contributed by atoms with Crippen LogP contribution in [0.2, 0.25) is 0 Å². The van der Waals surface area contributed by atoms with Crippen LogP contribution in [0.25, 0.3) is 22.7 Å². The molecule has 0 atom stereocenters. The van der Waals surface area contributed by atoms with Crippen LogP contribution in [0, 0.1) is 6.92 Å². The number of hydrogen-bond donors (Lipinski definition) is 0. The van der Waals surface area contributed by atoms with E-state index in [0.717, 1.165) is 11.2 Å². The molecular weight excluding hydrogens is 345 g/mol. The maximum Gasteiger partial charge on any atom is 0.494 e.